The van der Waals surface area contributed by atoms with Crippen LogP contribution < -0.4 is 16.0 Å². The van der Waals surface area contributed by atoms with Gasteiger partial charge in [-0.2, -0.15) is 17.5 Å². The highest BCUT2D eigenvalue weighted by Gasteiger charge is 2.38. The number of aromatic nitrogens is 5. The van der Waals surface area contributed by atoms with Gasteiger partial charge in [-0.3, -0.25) is 9.20 Å². The number of hydrogen-bond donors (Lipinski definition) is 3. The average molecular weight is 632 g/mol. The summed E-state index contributed by atoms with van der Waals surface area (Å²) < 4.78 is 60.5. The molecule has 0 saturated carbocycles. The summed E-state index contributed by atoms with van der Waals surface area (Å²) in [5, 5.41) is 14.8. The summed E-state index contributed by atoms with van der Waals surface area (Å²) >= 11 is 6.56. The highest BCUT2D eigenvalue weighted by Crippen LogP contribution is 2.34. The number of nitrogens with one attached hydrogen (secondary N) is 1. The molecule has 1 fully saturated rings. The second-order valence-corrected chi connectivity index (χ2v) is 11.6. The molecule has 4 aromatic rings. The van der Waals surface area contributed by atoms with Crippen molar-refractivity contribution in [3.05, 3.63) is 53.2 Å². The van der Waals surface area contributed by atoms with Crippen LogP contribution >= 0.6 is 11.6 Å². The molecule has 1 aliphatic heterocycles. The Labute approximate surface area is 241 Å². The summed E-state index contributed by atoms with van der Waals surface area (Å²) in [6.07, 6.45) is 2.68. The minimum absolute atomic E-state index is 0.0774. The summed E-state index contributed by atoms with van der Waals surface area (Å²) in [7, 11) is -3.28. The summed E-state index contributed by atoms with van der Waals surface area (Å²) in [6.45, 7) is 3.49. The second-order valence-electron chi connectivity index (χ2n) is 9.22. The van der Waals surface area contributed by atoms with E-state index in [9.17, 15) is 26.4 Å². The number of anilines is 2. The molecule has 42 heavy (non-hydrogen) atoms. The zero-order chi connectivity index (χ0) is 31.0. The number of carbonyl (C=O) groups excluding carboxylic acids is 1. The molecule has 1 unspecified atom stereocenters. The van der Waals surface area contributed by atoms with E-state index in [1.165, 1.54) is 15.1 Å². The minimum Gasteiger partial charge on any atom is -0.475 e. The number of piperazine rings is 1. The van der Waals surface area contributed by atoms with Gasteiger partial charge in [-0.15, -0.1) is 5.10 Å². The van der Waals surface area contributed by atoms with Gasteiger partial charge in [0, 0.05) is 44.1 Å². The number of hydrogen-bond acceptors (Lipinski definition) is 9. The van der Waals surface area contributed by atoms with Gasteiger partial charge in [0.2, 0.25) is 10.0 Å². The fourth-order valence-corrected chi connectivity index (χ4v) is 5.49. The molecular formula is C23H25ClF3N9O5S. The number of nitrogen functional groups attached to an aromatic ring is 1. The van der Waals surface area contributed by atoms with Crippen LogP contribution in [0.3, 0.4) is 0 Å². The molecule has 1 atom stereocenters. The number of carboxylic acids is 1. The van der Waals surface area contributed by atoms with E-state index < -0.39 is 34.1 Å². The minimum atomic E-state index is -5.08. The van der Waals surface area contributed by atoms with Crippen molar-refractivity contribution in [1.29, 1.82) is 0 Å². The maximum atomic E-state index is 13.2. The summed E-state index contributed by atoms with van der Waals surface area (Å²) in [6, 6.07) is 3.02. The van der Waals surface area contributed by atoms with Crippen molar-refractivity contribution in [2.24, 2.45) is 0 Å². The van der Waals surface area contributed by atoms with Crippen LogP contribution in [-0.4, -0.2) is 92.3 Å². The van der Waals surface area contributed by atoms with Crippen LogP contribution in [0.15, 0.2) is 37.1 Å². The Balaban J connectivity index is 0.000000517. The lowest BCUT2D eigenvalue weighted by molar-refractivity contribution is -0.192. The van der Waals surface area contributed by atoms with Crippen LogP contribution in [0, 0.1) is 0 Å². The quantitative estimate of drug-likeness (QED) is 0.294. The van der Waals surface area contributed by atoms with Gasteiger partial charge < -0.3 is 21.1 Å². The molecule has 0 aromatic carbocycles. The first-order valence-corrected chi connectivity index (χ1v) is 14.4. The van der Waals surface area contributed by atoms with E-state index in [2.05, 4.69) is 25.3 Å². The zero-order valence-corrected chi connectivity index (χ0v) is 23.7. The molecule has 1 saturated heterocycles. The topological polar surface area (TPSA) is 181 Å². The summed E-state index contributed by atoms with van der Waals surface area (Å²) in [5.41, 5.74) is 8.03. The third kappa shape index (κ3) is 6.34. The fraction of sp³-hybridized carbons (Fsp3) is 0.348. The van der Waals surface area contributed by atoms with Gasteiger partial charge in [0.25, 0.3) is 5.91 Å². The first kappa shape index (κ1) is 30.8. The second kappa shape index (κ2) is 11.6. The molecule has 0 aliphatic carbocycles. The molecule has 226 valence electrons. The Morgan fingerprint density at radius 3 is 2.45 bits per heavy atom. The van der Waals surface area contributed by atoms with Gasteiger partial charge >= 0.3 is 12.1 Å². The van der Waals surface area contributed by atoms with E-state index in [0.29, 0.717) is 42.4 Å². The van der Waals surface area contributed by atoms with Crippen LogP contribution in [-0.2, 0) is 14.8 Å². The molecule has 4 N–H and O–H groups in total. The van der Waals surface area contributed by atoms with Crippen LogP contribution in [0.1, 0.15) is 28.9 Å². The number of nitrogens with zero attached hydrogens (tertiary/aromatic N) is 7. The highest BCUT2D eigenvalue weighted by molar-refractivity contribution is 7.88. The Hall–Kier alpha value is -4.16. The van der Waals surface area contributed by atoms with Crippen LogP contribution in [0.2, 0.25) is 5.02 Å². The van der Waals surface area contributed by atoms with Crippen LogP contribution in [0.25, 0.3) is 11.2 Å². The number of amides is 1. The number of rotatable bonds is 5. The molecule has 14 nitrogen and oxygen atoms in total. The molecule has 0 spiro atoms. The van der Waals surface area contributed by atoms with E-state index in [-0.39, 0.29) is 11.4 Å². The maximum absolute atomic E-state index is 13.2. The first-order valence-electron chi connectivity index (χ1n) is 12.1. The van der Waals surface area contributed by atoms with Gasteiger partial charge in [0.05, 0.1) is 29.0 Å². The first-order chi connectivity index (χ1) is 19.6. The number of sulfonamides is 1. The number of fused-ring (bicyclic) bond motifs is 2. The molecule has 19 heteroatoms. The highest BCUT2D eigenvalue weighted by atomic mass is 35.5. The van der Waals surface area contributed by atoms with Crippen molar-refractivity contribution < 1.29 is 36.3 Å². The van der Waals surface area contributed by atoms with Crippen LogP contribution in [0.4, 0.5) is 24.8 Å². The average Bonchev–Trinajstić information content (AvgIpc) is 3.52. The molecule has 5 rings (SSSR count). The molecular weight excluding hydrogens is 607 g/mol. The monoisotopic (exact) mass is 631 g/mol. The molecule has 0 bridgehead atoms. The number of pyridine rings is 1. The number of aliphatic carboxylic acids is 1. The Morgan fingerprint density at radius 1 is 1.21 bits per heavy atom. The predicted octanol–water partition coefficient (Wildman–Crippen LogP) is 1.82. The van der Waals surface area contributed by atoms with E-state index in [1.807, 2.05) is 11.3 Å². The number of carbonyl (C=O) groups is 2. The van der Waals surface area contributed by atoms with Crippen LogP contribution in [0.5, 0.6) is 0 Å². The fourth-order valence-electron chi connectivity index (χ4n) is 4.41. The summed E-state index contributed by atoms with van der Waals surface area (Å²) in [5.74, 6) is -2.31. The van der Waals surface area contributed by atoms with Gasteiger partial charge in [0.1, 0.15) is 17.7 Å². The number of alkyl halides is 3. The van der Waals surface area contributed by atoms with Gasteiger partial charge in [-0.05, 0) is 19.1 Å². The third-order valence-electron chi connectivity index (χ3n) is 6.37. The van der Waals surface area contributed by atoms with Crippen molar-refractivity contribution in [3.63, 3.8) is 0 Å². The molecule has 0 radical (unpaired) electrons. The van der Waals surface area contributed by atoms with Crippen molar-refractivity contribution in [3.8, 4) is 0 Å². The van der Waals surface area contributed by atoms with Crippen molar-refractivity contribution in [1.82, 2.24) is 33.6 Å². The van der Waals surface area contributed by atoms with Gasteiger partial charge in [0.15, 0.2) is 11.5 Å². The number of nitrogens with two attached hydrogens (primary N) is 1. The standard InChI is InChI=1S/C21H24ClN9O3S.C2HF3O2/c1-13(26-20(32)17-18(23)27-31-5-3-4-25-19(17)31)14-10-15(22)16-11-24-12-30(16)21(14)28-6-8-29(9-7-28)35(2,33)34;3-2(4,5)1(6)7/h3-5,10-13H,6-9H2,1-2H3,(H2,23,27)(H,26,32);(H,6,7). The van der Waals surface area contributed by atoms with Gasteiger partial charge in [-0.25, -0.2) is 27.7 Å². The van der Waals surface area contributed by atoms with Crippen molar-refractivity contribution >= 4 is 56.3 Å². The Morgan fingerprint density at radius 2 is 1.86 bits per heavy atom. The smallest absolute Gasteiger partial charge is 0.475 e. The van der Waals surface area contributed by atoms with E-state index >= 15 is 0 Å². The number of carboxylic acid groups (broad SMARTS) is 1. The maximum Gasteiger partial charge on any atom is 0.490 e. The number of imidazole rings is 1. The summed E-state index contributed by atoms with van der Waals surface area (Å²) in [4.78, 5) is 32.7. The normalized spacial score (nSPS) is 15.3. The molecule has 1 aliphatic rings. The van der Waals surface area contributed by atoms with E-state index in [0.717, 1.165) is 11.4 Å². The number of halogens is 4. The Bertz CT molecular complexity index is 1750. The largest absolute Gasteiger partial charge is 0.490 e. The predicted molar refractivity (Wildman–Crippen MR) is 146 cm³/mol. The Kier molecular flexibility index (Phi) is 8.51. The van der Waals surface area contributed by atoms with E-state index in [4.69, 9.17) is 27.2 Å². The lowest BCUT2D eigenvalue weighted by Crippen LogP contribution is -2.49. The molecule has 5 heterocycles. The SMILES string of the molecule is CC(NC(=O)c1c(N)nn2cccnc12)c1cc(Cl)c2cncn2c1N1CCN(S(C)(=O)=O)CC1.O=C(O)C(F)(F)F. The van der Waals surface area contributed by atoms with Crippen molar-refractivity contribution in [2.75, 3.05) is 43.1 Å². The molecule has 1 amide bonds. The lowest BCUT2D eigenvalue weighted by atomic mass is 10.1. The van der Waals surface area contributed by atoms with Gasteiger partial charge in [-0.1, -0.05) is 11.6 Å². The molecule has 4 aromatic heterocycles. The van der Waals surface area contributed by atoms with Crippen molar-refractivity contribution in [2.45, 2.75) is 19.1 Å². The lowest BCUT2D eigenvalue weighted by Gasteiger charge is -2.36. The zero-order valence-electron chi connectivity index (χ0n) is 22.1. The van der Waals surface area contributed by atoms with E-state index in [1.54, 1.807) is 37.1 Å². The third-order valence-corrected chi connectivity index (χ3v) is 7.97.